The first kappa shape index (κ1) is 28.8. The molecule has 0 bridgehead atoms. The van der Waals surface area contributed by atoms with Crippen molar-refractivity contribution in [1.29, 1.82) is 0 Å². The third kappa shape index (κ3) is 8.97. The van der Waals surface area contributed by atoms with Crippen LogP contribution >= 0.6 is 0 Å². The highest BCUT2D eigenvalue weighted by molar-refractivity contribution is 5.19. The Bertz CT molecular complexity index is 620. The molecular weight excluding hydrogens is 400 g/mol. The van der Waals surface area contributed by atoms with Gasteiger partial charge in [-0.3, -0.25) is 0 Å². The number of hydrogen-bond acceptors (Lipinski definition) is 5. The van der Waals surface area contributed by atoms with E-state index in [9.17, 15) is 0 Å². The summed E-state index contributed by atoms with van der Waals surface area (Å²) in [6.07, 6.45) is 2.87. The maximum absolute atomic E-state index is 6.11. The third-order valence-electron chi connectivity index (χ3n) is 5.94. The summed E-state index contributed by atoms with van der Waals surface area (Å²) in [6.45, 7) is 20.2. The Kier molecular flexibility index (Phi) is 12.2. The molecule has 0 saturated carbocycles. The van der Waals surface area contributed by atoms with Crippen molar-refractivity contribution >= 4 is 0 Å². The number of likely N-dealkylation sites (N-methyl/N-ethyl adjacent to an activating group) is 2. The minimum absolute atomic E-state index is 0.162. The summed E-state index contributed by atoms with van der Waals surface area (Å²) >= 11 is 0. The second kappa shape index (κ2) is 13.5. The predicted octanol–water partition coefficient (Wildman–Crippen LogP) is 5.78. The van der Waals surface area contributed by atoms with Gasteiger partial charge in [0, 0.05) is 37.3 Å². The molecule has 0 aromatic heterocycles. The van der Waals surface area contributed by atoms with Crippen molar-refractivity contribution in [2.24, 2.45) is 23.7 Å². The van der Waals surface area contributed by atoms with Gasteiger partial charge in [0.25, 0.3) is 0 Å². The summed E-state index contributed by atoms with van der Waals surface area (Å²) in [5.41, 5.74) is 1.56. The molecule has 0 aliphatic carbocycles. The molecule has 0 saturated heterocycles. The van der Waals surface area contributed by atoms with E-state index < -0.39 is 0 Å². The van der Waals surface area contributed by atoms with Crippen molar-refractivity contribution in [2.45, 2.75) is 80.4 Å². The normalized spacial score (nSPS) is 22.4. The molecule has 5 heteroatoms. The summed E-state index contributed by atoms with van der Waals surface area (Å²) < 4.78 is 18.0. The fraction of sp³-hybridized carbons (Fsp3) is 0.852. The quantitative estimate of drug-likeness (QED) is 0.443. The second-order valence-electron chi connectivity index (χ2n) is 10.9. The molecule has 0 aromatic rings. The van der Waals surface area contributed by atoms with Crippen LogP contribution in [-0.2, 0) is 14.2 Å². The molecule has 2 aliphatic heterocycles. The SMILES string of the molecule is CC(C)C1=C(C(C)C)OC(CN(C)C)CO1.CCC(C)C1=C(C(C)C)OC(CN(C)C)C1. The first-order valence-electron chi connectivity index (χ1n) is 12.6. The van der Waals surface area contributed by atoms with Crippen molar-refractivity contribution in [2.75, 3.05) is 47.9 Å². The molecule has 188 valence electrons. The highest BCUT2D eigenvalue weighted by atomic mass is 16.6. The van der Waals surface area contributed by atoms with Crippen LogP contribution < -0.4 is 0 Å². The molecule has 2 heterocycles. The van der Waals surface area contributed by atoms with Crippen molar-refractivity contribution in [1.82, 2.24) is 9.80 Å². The predicted molar refractivity (Wildman–Crippen MR) is 135 cm³/mol. The summed E-state index contributed by atoms with van der Waals surface area (Å²) in [7, 11) is 8.33. The van der Waals surface area contributed by atoms with Gasteiger partial charge in [-0.25, -0.2) is 0 Å². The van der Waals surface area contributed by atoms with Crippen molar-refractivity contribution in [3.63, 3.8) is 0 Å². The standard InChI is InChI=1S/C14H27NO.C13H25NO2/c1-7-11(4)13-8-12(9-15(5)6)16-14(13)10(2)3;1-9(2)12-13(10(3)4)16-11(8-15-12)7-14(5)6/h10-12H,7-9H2,1-6H3;9-11H,7-8H2,1-6H3. The van der Waals surface area contributed by atoms with Crippen LogP contribution in [-0.4, -0.2) is 69.9 Å². The Hall–Kier alpha value is -1.20. The second-order valence-corrected chi connectivity index (χ2v) is 10.9. The molecule has 5 nitrogen and oxygen atoms in total. The highest BCUT2D eigenvalue weighted by Crippen LogP contribution is 2.36. The Morgan fingerprint density at radius 3 is 1.62 bits per heavy atom. The molecule has 0 amide bonds. The molecule has 2 aliphatic rings. The van der Waals surface area contributed by atoms with E-state index in [1.807, 2.05) is 0 Å². The zero-order valence-corrected chi connectivity index (χ0v) is 23.1. The summed E-state index contributed by atoms with van der Waals surface area (Å²) in [4.78, 5) is 4.34. The molecule has 0 aromatic carbocycles. The van der Waals surface area contributed by atoms with E-state index in [1.165, 1.54) is 12.2 Å². The molecule has 32 heavy (non-hydrogen) atoms. The van der Waals surface area contributed by atoms with E-state index in [0.29, 0.717) is 36.4 Å². The average molecular weight is 453 g/mol. The maximum atomic E-state index is 6.11. The summed E-state index contributed by atoms with van der Waals surface area (Å²) in [6, 6.07) is 0. The first-order valence-corrected chi connectivity index (χ1v) is 12.6. The lowest BCUT2D eigenvalue weighted by Crippen LogP contribution is -2.36. The fourth-order valence-electron chi connectivity index (χ4n) is 4.24. The van der Waals surface area contributed by atoms with Gasteiger partial charge in [-0.05, 0) is 46.1 Å². The maximum Gasteiger partial charge on any atom is 0.145 e. The Morgan fingerprint density at radius 2 is 1.19 bits per heavy atom. The lowest BCUT2D eigenvalue weighted by atomic mass is 9.91. The molecular formula is C27H52N2O3. The smallest absolute Gasteiger partial charge is 0.145 e. The van der Waals surface area contributed by atoms with Crippen molar-refractivity contribution in [3.8, 4) is 0 Å². The van der Waals surface area contributed by atoms with Crippen LogP contribution in [0.25, 0.3) is 0 Å². The minimum atomic E-state index is 0.162. The monoisotopic (exact) mass is 452 g/mol. The van der Waals surface area contributed by atoms with Crippen LogP contribution in [0.1, 0.15) is 68.2 Å². The number of rotatable bonds is 9. The summed E-state index contributed by atoms with van der Waals surface area (Å²) in [5, 5.41) is 0. The Morgan fingerprint density at radius 1 is 0.719 bits per heavy atom. The lowest BCUT2D eigenvalue weighted by Gasteiger charge is -2.33. The number of allylic oxidation sites excluding steroid dienone is 3. The van der Waals surface area contributed by atoms with Gasteiger partial charge in [-0.2, -0.15) is 0 Å². The van der Waals surface area contributed by atoms with Gasteiger partial charge < -0.3 is 24.0 Å². The topological polar surface area (TPSA) is 34.2 Å². The fourth-order valence-corrected chi connectivity index (χ4v) is 4.24. The van der Waals surface area contributed by atoms with Gasteiger partial charge in [0.05, 0.1) is 5.76 Å². The van der Waals surface area contributed by atoms with Gasteiger partial charge in [-0.1, -0.05) is 55.4 Å². The number of nitrogens with zero attached hydrogens (tertiary/aromatic N) is 2. The molecule has 3 atom stereocenters. The summed E-state index contributed by atoms with van der Waals surface area (Å²) in [5.74, 6) is 5.32. The number of hydrogen-bond donors (Lipinski definition) is 0. The van der Waals surface area contributed by atoms with E-state index >= 15 is 0 Å². The molecule has 3 unspecified atom stereocenters. The largest absolute Gasteiger partial charge is 0.493 e. The first-order chi connectivity index (χ1) is 14.9. The molecule has 0 N–H and O–H groups in total. The molecule has 0 spiro atoms. The molecule has 0 radical (unpaired) electrons. The zero-order valence-electron chi connectivity index (χ0n) is 23.1. The Labute approximate surface area is 199 Å². The minimum Gasteiger partial charge on any atom is -0.493 e. The third-order valence-corrected chi connectivity index (χ3v) is 5.94. The van der Waals surface area contributed by atoms with Crippen LogP contribution in [0.15, 0.2) is 22.9 Å². The van der Waals surface area contributed by atoms with Gasteiger partial charge in [0.1, 0.15) is 30.3 Å². The van der Waals surface area contributed by atoms with Crippen LogP contribution in [0, 0.1) is 23.7 Å². The Balaban J connectivity index is 0.000000320. The number of ether oxygens (including phenoxy) is 3. The van der Waals surface area contributed by atoms with E-state index in [1.54, 1.807) is 5.57 Å². The van der Waals surface area contributed by atoms with Crippen molar-refractivity contribution < 1.29 is 14.2 Å². The molecule has 0 fully saturated rings. The lowest BCUT2D eigenvalue weighted by molar-refractivity contribution is -0.0332. The van der Waals surface area contributed by atoms with Gasteiger partial charge in [0.2, 0.25) is 0 Å². The van der Waals surface area contributed by atoms with Crippen LogP contribution in [0.5, 0.6) is 0 Å². The van der Waals surface area contributed by atoms with Crippen LogP contribution in [0.4, 0.5) is 0 Å². The average Bonchev–Trinajstić information content (AvgIpc) is 3.10. The van der Waals surface area contributed by atoms with Gasteiger partial charge >= 0.3 is 0 Å². The highest BCUT2D eigenvalue weighted by Gasteiger charge is 2.30. The van der Waals surface area contributed by atoms with Gasteiger partial charge in [0.15, 0.2) is 0 Å². The zero-order chi connectivity index (χ0) is 24.6. The van der Waals surface area contributed by atoms with E-state index in [-0.39, 0.29) is 6.10 Å². The van der Waals surface area contributed by atoms with Gasteiger partial charge in [-0.15, -0.1) is 0 Å². The molecule has 2 rings (SSSR count). The van der Waals surface area contributed by atoms with Crippen molar-refractivity contribution in [3.05, 3.63) is 22.9 Å². The van der Waals surface area contributed by atoms with Crippen LogP contribution in [0.3, 0.4) is 0 Å². The van der Waals surface area contributed by atoms with E-state index in [2.05, 4.69) is 93.4 Å². The van der Waals surface area contributed by atoms with E-state index in [4.69, 9.17) is 14.2 Å². The van der Waals surface area contributed by atoms with Crippen LogP contribution in [0.2, 0.25) is 0 Å². The van der Waals surface area contributed by atoms with E-state index in [0.717, 1.165) is 31.0 Å².